The zero-order valence-corrected chi connectivity index (χ0v) is 30.3. The van der Waals surface area contributed by atoms with Crippen LogP contribution in [0.5, 0.6) is 5.75 Å². The minimum Gasteiger partial charge on any atom is -0.493 e. The van der Waals surface area contributed by atoms with Gasteiger partial charge in [0.15, 0.2) is 16.6 Å². The van der Waals surface area contributed by atoms with E-state index < -0.39 is 22.6 Å². The summed E-state index contributed by atoms with van der Waals surface area (Å²) in [7, 11) is -3.82. The van der Waals surface area contributed by atoms with Gasteiger partial charge in [0.2, 0.25) is 0 Å². The Bertz CT molecular complexity index is 1170. The second kappa shape index (κ2) is 14.1. The number of aliphatic carboxylic acids is 1. The van der Waals surface area contributed by atoms with Crippen molar-refractivity contribution in [3.8, 4) is 16.9 Å². The lowest BCUT2D eigenvalue weighted by Gasteiger charge is -2.42. The summed E-state index contributed by atoms with van der Waals surface area (Å²) in [5.41, 5.74) is 4.06. The number of benzene rings is 2. The van der Waals surface area contributed by atoms with Crippen LogP contribution in [0.3, 0.4) is 0 Å². The summed E-state index contributed by atoms with van der Waals surface area (Å²) in [4.78, 5) is 10.8. The van der Waals surface area contributed by atoms with Gasteiger partial charge in [0.05, 0.1) is 6.61 Å². The van der Waals surface area contributed by atoms with E-state index in [0.717, 1.165) is 41.4 Å². The van der Waals surface area contributed by atoms with Crippen LogP contribution >= 0.6 is 0 Å². The summed E-state index contributed by atoms with van der Waals surface area (Å²) in [5, 5.41) is 9.17. The first kappa shape index (κ1) is 36.0. The number of rotatable bonds is 14. The SMILES string of the molecule is CCc1cc(-c2ccc(/C=C/C(=O)O)cc2)ccc1OCCC(C)(CO[Si](C)(C)C(C)(C)C)CO[Si](C)(C)C(C)(C)C. The minimum absolute atomic E-state index is 0.151. The highest BCUT2D eigenvalue weighted by Gasteiger charge is 2.42. The van der Waals surface area contributed by atoms with Crippen molar-refractivity contribution >= 4 is 28.7 Å². The first-order valence-electron chi connectivity index (χ1n) is 15.2. The van der Waals surface area contributed by atoms with Gasteiger partial charge in [-0.25, -0.2) is 4.79 Å². The molecule has 0 heterocycles. The first-order valence-corrected chi connectivity index (χ1v) is 21.1. The molecule has 0 saturated carbocycles. The molecule has 0 unspecified atom stereocenters. The van der Waals surface area contributed by atoms with E-state index in [-0.39, 0.29) is 15.5 Å². The molecule has 0 saturated heterocycles. The average molecular weight is 613 g/mol. The second-order valence-corrected chi connectivity index (χ2v) is 24.6. The Hall–Kier alpha value is -2.20. The van der Waals surface area contributed by atoms with Gasteiger partial charge in [0.25, 0.3) is 0 Å². The van der Waals surface area contributed by atoms with Crippen molar-refractivity contribution in [1.29, 1.82) is 0 Å². The highest BCUT2D eigenvalue weighted by molar-refractivity contribution is 6.74. The summed E-state index contributed by atoms with van der Waals surface area (Å²) >= 11 is 0. The first-order chi connectivity index (χ1) is 19.2. The van der Waals surface area contributed by atoms with E-state index in [9.17, 15) is 4.79 Å². The Morgan fingerprint density at radius 1 is 0.810 bits per heavy atom. The predicted octanol–water partition coefficient (Wildman–Crippen LogP) is 9.83. The Morgan fingerprint density at radius 3 is 1.76 bits per heavy atom. The fourth-order valence-electron chi connectivity index (χ4n) is 3.87. The van der Waals surface area contributed by atoms with E-state index in [4.69, 9.17) is 18.7 Å². The van der Waals surface area contributed by atoms with Crippen molar-refractivity contribution in [2.45, 2.75) is 104 Å². The maximum atomic E-state index is 10.8. The van der Waals surface area contributed by atoms with E-state index >= 15 is 0 Å². The number of ether oxygens (including phenoxy) is 1. The molecule has 0 fully saturated rings. The fraction of sp³-hybridized carbons (Fsp3) is 0.571. The standard InChI is InChI=1S/C35H56O5Si2/c1-13-28-24-30(29-17-14-27(15-18-29)16-21-32(36)37)19-20-31(28)38-23-22-35(8,25-39-41(9,10)33(2,3)4)26-40-42(11,12)34(5,6)7/h14-21,24H,13,22-23,25-26H2,1-12H3,(H,36,37)/b21-16+. The van der Waals surface area contributed by atoms with Crippen LogP contribution in [0, 0.1) is 5.41 Å². The van der Waals surface area contributed by atoms with E-state index in [0.29, 0.717) is 19.8 Å². The Kier molecular flexibility index (Phi) is 12.1. The van der Waals surface area contributed by atoms with Gasteiger partial charge in [-0.1, -0.05) is 85.7 Å². The number of carboxylic acid groups (broad SMARTS) is 1. The lowest BCUT2D eigenvalue weighted by Crippen LogP contribution is -2.47. The third kappa shape index (κ3) is 10.2. The molecule has 2 aromatic carbocycles. The molecule has 2 aromatic rings. The van der Waals surface area contributed by atoms with Gasteiger partial charge < -0.3 is 18.7 Å². The van der Waals surface area contributed by atoms with E-state index in [1.807, 2.05) is 24.3 Å². The lowest BCUT2D eigenvalue weighted by molar-refractivity contribution is -0.131. The predicted molar refractivity (Wildman–Crippen MR) is 182 cm³/mol. The Balaban J connectivity index is 2.18. The molecule has 7 heteroatoms. The molecule has 42 heavy (non-hydrogen) atoms. The van der Waals surface area contributed by atoms with Crippen LogP contribution in [0.25, 0.3) is 17.2 Å². The third-order valence-electron chi connectivity index (χ3n) is 9.24. The van der Waals surface area contributed by atoms with Crippen molar-refractivity contribution < 1.29 is 23.5 Å². The van der Waals surface area contributed by atoms with Crippen LogP contribution in [0.15, 0.2) is 48.5 Å². The molecule has 2 rings (SSSR count). The quantitative estimate of drug-likeness (QED) is 0.170. The molecule has 0 aromatic heterocycles. The molecule has 0 bridgehead atoms. The smallest absolute Gasteiger partial charge is 0.328 e. The van der Waals surface area contributed by atoms with Crippen LogP contribution < -0.4 is 4.74 Å². The Labute approximate surface area is 257 Å². The minimum atomic E-state index is -1.91. The van der Waals surface area contributed by atoms with Gasteiger partial charge in [0.1, 0.15) is 5.75 Å². The monoisotopic (exact) mass is 612 g/mol. The molecule has 1 N–H and O–H groups in total. The summed E-state index contributed by atoms with van der Waals surface area (Å²) in [6.45, 7) is 29.3. The zero-order chi connectivity index (χ0) is 32.0. The number of carboxylic acids is 1. The van der Waals surface area contributed by atoms with E-state index in [2.05, 4.69) is 99.8 Å². The summed E-state index contributed by atoms with van der Waals surface area (Å²) in [6, 6.07) is 14.3. The van der Waals surface area contributed by atoms with Crippen molar-refractivity contribution in [2.24, 2.45) is 5.41 Å². The summed E-state index contributed by atoms with van der Waals surface area (Å²) in [5.74, 6) is -0.0333. The van der Waals surface area contributed by atoms with Crippen LogP contribution in [0.2, 0.25) is 36.3 Å². The summed E-state index contributed by atoms with van der Waals surface area (Å²) < 4.78 is 19.9. The molecule has 0 spiro atoms. The molecule has 0 atom stereocenters. The molecule has 0 amide bonds. The Morgan fingerprint density at radius 2 is 1.31 bits per heavy atom. The second-order valence-electron chi connectivity index (χ2n) is 15.0. The van der Waals surface area contributed by atoms with Crippen LogP contribution in [-0.2, 0) is 20.1 Å². The van der Waals surface area contributed by atoms with Gasteiger partial charge in [-0.05, 0) is 89.6 Å². The zero-order valence-electron chi connectivity index (χ0n) is 28.3. The molecule has 0 radical (unpaired) electrons. The average Bonchev–Trinajstić information content (AvgIpc) is 2.89. The molecule has 0 aliphatic rings. The van der Waals surface area contributed by atoms with Crippen molar-refractivity contribution in [3.63, 3.8) is 0 Å². The van der Waals surface area contributed by atoms with Gasteiger partial charge >= 0.3 is 5.97 Å². The largest absolute Gasteiger partial charge is 0.493 e. The maximum Gasteiger partial charge on any atom is 0.328 e. The van der Waals surface area contributed by atoms with Crippen molar-refractivity contribution in [1.82, 2.24) is 0 Å². The molecule has 0 aliphatic heterocycles. The van der Waals surface area contributed by atoms with Crippen molar-refractivity contribution in [3.05, 3.63) is 59.7 Å². The number of hydrogen-bond acceptors (Lipinski definition) is 4. The van der Waals surface area contributed by atoms with Gasteiger partial charge in [-0.15, -0.1) is 0 Å². The van der Waals surface area contributed by atoms with Crippen LogP contribution in [0.4, 0.5) is 0 Å². The fourth-order valence-corrected chi connectivity index (χ4v) is 6.15. The topological polar surface area (TPSA) is 65.0 Å². The maximum absolute atomic E-state index is 10.8. The normalized spacial score (nSPS) is 13.5. The number of hydrogen-bond donors (Lipinski definition) is 1. The highest BCUT2D eigenvalue weighted by Crippen LogP contribution is 2.40. The van der Waals surface area contributed by atoms with Crippen LogP contribution in [0.1, 0.15) is 72.9 Å². The van der Waals surface area contributed by atoms with Crippen molar-refractivity contribution in [2.75, 3.05) is 19.8 Å². The molecule has 0 aliphatic carbocycles. The van der Waals surface area contributed by atoms with Gasteiger partial charge in [-0.2, -0.15) is 0 Å². The highest BCUT2D eigenvalue weighted by atomic mass is 28.4. The number of carbonyl (C=O) groups is 1. The van der Waals surface area contributed by atoms with E-state index in [1.165, 1.54) is 5.56 Å². The van der Waals surface area contributed by atoms with Crippen LogP contribution in [-0.4, -0.2) is 47.5 Å². The third-order valence-corrected chi connectivity index (χ3v) is 18.2. The van der Waals surface area contributed by atoms with Gasteiger partial charge in [-0.3, -0.25) is 0 Å². The molecular weight excluding hydrogens is 557 g/mol. The molecular formula is C35H56O5Si2. The summed E-state index contributed by atoms with van der Waals surface area (Å²) in [6.07, 6.45) is 4.46. The molecule has 234 valence electrons. The van der Waals surface area contributed by atoms with E-state index in [1.54, 1.807) is 6.08 Å². The van der Waals surface area contributed by atoms with Gasteiger partial charge in [0, 0.05) is 24.7 Å². The number of aryl methyl sites for hydroxylation is 1. The molecule has 5 nitrogen and oxygen atoms in total. The lowest BCUT2D eigenvalue weighted by atomic mass is 9.89.